The van der Waals surface area contributed by atoms with E-state index in [-0.39, 0.29) is 28.3 Å². The first-order valence-corrected chi connectivity index (χ1v) is 12.5. The lowest BCUT2D eigenvalue weighted by Crippen LogP contribution is -2.62. The zero-order valence-electron chi connectivity index (χ0n) is 14.0. The Balaban J connectivity index is 2.65. The molecule has 0 aliphatic carbocycles. The van der Waals surface area contributed by atoms with Gasteiger partial charge in [-0.1, -0.05) is 51.7 Å². The summed E-state index contributed by atoms with van der Waals surface area (Å²) in [7, 11) is -1.85. The number of thioether (sulfide) groups is 2. The molecule has 0 aromatic heterocycles. The van der Waals surface area contributed by atoms with Gasteiger partial charge in [-0.3, -0.25) is 4.79 Å². The Morgan fingerprint density at radius 1 is 1.48 bits per heavy atom. The van der Waals surface area contributed by atoms with Crippen LogP contribution in [-0.2, 0) is 9.22 Å². The first-order valence-electron chi connectivity index (χ1n) is 7.31. The second-order valence-corrected chi connectivity index (χ2v) is 15.2. The van der Waals surface area contributed by atoms with Gasteiger partial charge in [0.15, 0.2) is 8.32 Å². The number of thiocarbonyl (C=S) groups is 1. The van der Waals surface area contributed by atoms with Crippen molar-refractivity contribution in [3.05, 3.63) is 0 Å². The fraction of sp³-hybridized carbons (Fsp3) is 0.857. The molecule has 3 atom stereocenters. The maximum absolute atomic E-state index is 11.9. The van der Waals surface area contributed by atoms with Gasteiger partial charge in [-0.25, -0.2) is 0 Å². The molecule has 0 spiro atoms. The van der Waals surface area contributed by atoms with Gasteiger partial charge in [-0.2, -0.15) is 0 Å². The van der Waals surface area contributed by atoms with Crippen LogP contribution in [0.5, 0.6) is 0 Å². The smallest absolute Gasteiger partial charge is 0.229 e. The van der Waals surface area contributed by atoms with E-state index in [0.29, 0.717) is 0 Å². The molecule has 1 saturated heterocycles. The average Bonchev–Trinajstić information content (AvgIpc) is 2.25. The second kappa shape index (κ2) is 7.34. The number of amides is 1. The van der Waals surface area contributed by atoms with Crippen LogP contribution in [0, 0.1) is 5.92 Å². The van der Waals surface area contributed by atoms with Crippen molar-refractivity contribution in [2.45, 2.75) is 64.2 Å². The summed E-state index contributed by atoms with van der Waals surface area (Å²) in [5.41, 5.74) is 0. The summed E-state index contributed by atoms with van der Waals surface area (Å²) in [6.07, 6.45) is -0.0634. The molecule has 1 amide bonds. The van der Waals surface area contributed by atoms with Crippen molar-refractivity contribution in [2.75, 3.05) is 5.75 Å². The minimum Gasteiger partial charge on any atom is -0.413 e. The van der Waals surface area contributed by atoms with Crippen LogP contribution < -0.4 is 5.32 Å². The highest BCUT2D eigenvalue weighted by Crippen LogP contribution is 2.40. The van der Waals surface area contributed by atoms with Crippen LogP contribution in [0.3, 0.4) is 0 Å². The van der Waals surface area contributed by atoms with Crippen LogP contribution in [0.4, 0.5) is 0 Å². The van der Waals surface area contributed by atoms with Gasteiger partial charge in [-0.15, -0.1) is 11.8 Å². The van der Waals surface area contributed by atoms with Gasteiger partial charge < -0.3 is 9.74 Å². The Hall–Kier alpha value is 0.437. The highest BCUT2D eigenvalue weighted by molar-refractivity contribution is 8.47. The topological polar surface area (TPSA) is 38.3 Å². The van der Waals surface area contributed by atoms with Crippen molar-refractivity contribution < 1.29 is 9.22 Å². The summed E-state index contributed by atoms with van der Waals surface area (Å²) in [4.78, 5) is 11.9. The molecule has 0 bridgehead atoms. The van der Waals surface area contributed by atoms with Crippen molar-refractivity contribution >= 4 is 53.5 Å². The van der Waals surface area contributed by atoms with E-state index >= 15 is 0 Å². The number of hydrogen-bond donors (Lipinski definition) is 1. The Kier molecular flexibility index (Phi) is 6.81. The third-order valence-electron chi connectivity index (χ3n) is 4.19. The maximum Gasteiger partial charge on any atom is 0.229 e. The molecule has 0 unspecified atom stereocenters. The van der Waals surface area contributed by atoms with E-state index in [1.54, 1.807) is 23.5 Å². The molecule has 0 saturated carbocycles. The lowest BCUT2D eigenvalue weighted by molar-refractivity contribution is -0.136. The van der Waals surface area contributed by atoms with Gasteiger partial charge in [0.05, 0.1) is 17.4 Å². The molecule has 21 heavy (non-hydrogen) atoms. The SMILES string of the molecule is CCSC(=S)S[C@H]1NC(=O)[C@@H]1[C@@H](C)O[Si](C)(C)C(C)(C)C. The van der Waals surface area contributed by atoms with E-state index in [1.807, 2.05) is 6.92 Å². The van der Waals surface area contributed by atoms with E-state index in [9.17, 15) is 4.79 Å². The van der Waals surface area contributed by atoms with Crippen molar-refractivity contribution in [3.63, 3.8) is 0 Å². The zero-order valence-corrected chi connectivity index (χ0v) is 17.4. The fourth-order valence-electron chi connectivity index (χ4n) is 1.90. The Bertz CT molecular complexity index is 410. The van der Waals surface area contributed by atoms with Crippen LogP contribution in [0.2, 0.25) is 18.1 Å². The van der Waals surface area contributed by atoms with Gasteiger partial charge in [-0.05, 0) is 30.8 Å². The predicted molar refractivity (Wildman–Crippen MR) is 101 cm³/mol. The first-order chi connectivity index (χ1) is 9.49. The normalized spacial score (nSPS) is 24.2. The standard InChI is InChI=1S/C14H27NO2S3Si/c1-8-19-13(18)20-12-10(11(16)15-12)9(2)17-21(6,7)14(3,4)5/h9-10,12H,8H2,1-7H3,(H,15,16)/t9-,10+,12-/m1/s1. The van der Waals surface area contributed by atoms with Crippen LogP contribution in [-0.4, -0.2) is 35.0 Å². The fourth-order valence-corrected chi connectivity index (χ4v) is 6.04. The van der Waals surface area contributed by atoms with Crippen LogP contribution in [0.25, 0.3) is 0 Å². The van der Waals surface area contributed by atoms with Crippen LogP contribution >= 0.6 is 35.7 Å². The third kappa shape index (κ3) is 4.96. The molecule has 1 aliphatic heterocycles. The first kappa shape index (κ1) is 19.5. The highest BCUT2D eigenvalue weighted by Gasteiger charge is 2.48. The Morgan fingerprint density at radius 2 is 2.05 bits per heavy atom. The largest absolute Gasteiger partial charge is 0.413 e. The van der Waals surface area contributed by atoms with Crippen molar-refractivity contribution in [1.82, 2.24) is 5.32 Å². The minimum absolute atomic E-state index is 0.0591. The second-order valence-electron chi connectivity index (χ2n) is 6.84. The molecule has 1 fully saturated rings. The molecular formula is C14H27NO2S3Si. The summed E-state index contributed by atoms with van der Waals surface area (Å²) in [5, 5.41) is 3.16. The van der Waals surface area contributed by atoms with Gasteiger partial charge in [0.25, 0.3) is 0 Å². The number of carbonyl (C=O) groups excluding carboxylic acids is 1. The lowest BCUT2D eigenvalue weighted by atomic mass is 9.96. The Morgan fingerprint density at radius 3 is 2.48 bits per heavy atom. The van der Waals surface area contributed by atoms with E-state index < -0.39 is 8.32 Å². The highest BCUT2D eigenvalue weighted by atomic mass is 32.2. The summed E-state index contributed by atoms with van der Waals surface area (Å²) in [5.74, 6) is 0.954. The van der Waals surface area contributed by atoms with Gasteiger partial charge >= 0.3 is 0 Å². The van der Waals surface area contributed by atoms with Crippen LogP contribution in [0.15, 0.2) is 0 Å². The van der Waals surface area contributed by atoms with E-state index in [2.05, 4.69) is 46.1 Å². The van der Waals surface area contributed by atoms with Crippen molar-refractivity contribution in [1.29, 1.82) is 0 Å². The van der Waals surface area contributed by atoms with Crippen molar-refractivity contribution in [3.8, 4) is 0 Å². The molecule has 122 valence electrons. The van der Waals surface area contributed by atoms with E-state index in [0.717, 1.165) is 9.28 Å². The number of β-lactam (4-membered cyclic amide) rings is 1. The maximum atomic E-state index is 11.9. The molecule has 0 aromatic rings. The van der Waals surface area contributed by atoms with Crippen LogP contribution in [0.1, 0.15) is 34.6 Å². The van der Waals surface area contributed by atoms with Gasteiger partial charge in [0, 0.05) is 0 Å². The number of carbonyl (C=O) groups is 1. The molecule has 0 aromatic carbocycles. The molecule has 3 nitrogen and oxygen atoms in total. The summed E-state index contributed by atoms with van der Waals surface area (Å²) in [6.45, 7) is 15.2. The Labute approximate surface area is 143 Å². The minimum atomic E-state index is -1.85. The number of rotatable bonds is 5. The molecule has 1 N–H and O–H groups in total. The monoisotopic (exact) mass is 365 g/mol. The molecule has 1 aliphatic rings. The van der Waals surface area contributed by atoms with E-state index in [4.69, 9.17) is 16.6 Å². The zero-order chi connectivity index (χ0) is 16.4. The number of hydrogen-bond acceptors (Lipinski definition) is 5. The molecule has 7 heteroatoms. The molecular weight excluding hydrogens is 338 g/mol. The van der Waals surface area contributed by atoms with Gasteiger partial charge in [0.1, 0.15) is 3.53 Å². The predicted octanol–water partition coefficient (Wildman–Crippen LogP) is 4.24. The van der Waals surface area contributed by atoms with Crippen molar-refractivity contribution in [2.24, 2.45) is 5.92 Å². The van der Waals surface area contributed by atoms with E-state index in [1.165, 1.54) is 0 Å². The summed E-state index contributed by atoms with van der Waals surface area (Å²) in [6, 6.07) is 0. The molecule has 1 rings (SSSR count). The molecule has 1 heterocycles. The average molecular weight is 366 g/mol. The summed E-state index contributed by atoms with van der Waals surface area (Å²) < 4.78 is 7.26. The van der Waals surface area contributed by atoms with Gasteiger partial charge in [0.2, 0.25) is 5.91 Å². The lowest BCUT2D eigenvalue weighted by Gasteiger charge is -2.45. The number of nitrogens with one attached hydrogen (secondary N) is 1. The summed E-state index contributed by atoms with van der Waals surface area (Å²) >= 11 is 8.55. The molecule has 0 radical (unpaired) electrons. The quantitative estimate of drug-likeness (QED) is 0.448. The third-order valence-corrected chi connectivity index (χ3v) is 11.4.